The van der Waals surface area contributed by atoms with Gasteiger partial charge in [-0.15, -0.1) is 0 Å². The Bertz CT molecular complexity index is 543. The summed E-state index contributed by atoms with van der Waals surface area (Å²) in [6.45, 7) is 5.02. The van der Waals surface area contributed by atoms with E-state index >= 15 is 0 Å². The Morgan fingerprint density at radius 1 is 1.32 bits per heavy atom. The van der Waals surface area contributed by atoms with Crippen molar-refractivity contribution < 1.29 is 0 Å². The number of nitrogens with zero attached hydrogens (tertiary/aromatic N) is 3. The molecule has 1 aromatic carbocycles. The van der Waals surface area contributed by atoms with Crippen molar-refractivity contribution in [3.8, 4) is 11.4 Å². The predicted molar refractivity (Wildman–Crippen MR) is 77.7 cm³/mol. The van der Waals surface area contributed by atoms with Gasteiger partial charge in [0.1, 0.15) is 0 Å². The number of nitrogens with two attached hydrogens (primary N) is 1. The maximum Gasteiger partial charge on any atom is 0.158 e. The van der Waals surface area contributed by atoms with Gasteiger partial charge >= 0.3 is 0 Å². The molecule has 0 bridgehead atoms. The van der Waals surface area contributed by atoms with Gasteiger partial charge in [0.25, 0.3) is 0 Å². The molecule has 0 fully saturated rings. The van der Waals surface area contributed by atoms with Crippen LogP contribution in [-0.2, 0) is 19.9 Å². The average Bonchev–Trinajstić information content (AvgIpc) is 2.70. The second kappa shape index (κ2) is 5.97. The standard InChI is InChI=1S/C15H22N4/c1-11(2)9-14-17-15(19(3)18-14)13-6-4-5-12(10-13)7-8-16/h4-6,10-11H,7-9,16H2,1-3H3. The molecule has 0 saturated carbocycles. The van der Waals surface area contributed by atoms with Crippen LogP contribution in [0.25, 0.3) is 11.4 Å². The molecular weight excluding hydrogens is 236 g/mol. The van der Waals surface area contributed by atoms with Crippen molar-refractivity contribution in [2.75, 3.05) is 6.54 Å². The lowest BCUT2D eigenvalue weighted by molar-refractivity contribution is 0.613. The van der Waals surface area contributed by atoms with E-state index in [0.717, 1.165) is 30.1 Å². The van der Waals surface area contributed by atoms with Crippen LogP contribution in [0.15, 0.2) is 24.3 Å². The number of hydrogen-bond donors (Lipinski definition) is 1. The largest absolute Gasteiger partial charge is 0.330 e. The molecule has 2 aromatic rings. The molecule has 2 N–H and O–H groups in total. The highest BCUT2D eigenvalue weighted by Gasteiger charge is 2.10. The predicted octanol–water partition coefficient (Wildman–Crippen LogP) is 2.18. The van der Waals surface area contributed by atoms with Crippen molar-refractivity contribution in [2.24, 2.45) is 18.7 Å². The highest BCUT2D eigenvalue weighted by atomic mass is 15.3. The molecule has 0 amide bonds. The molecule has 0 aliphatic heterocycles. The molecule has 4 heteroatoms. The SMILES string of the molecule is CC(C)Cc1nc(-c2cccc(CCN)c2)n(C)n1. The van der Waals surface area contributed by atoms with Crippen LogP contribution in [0.4, 0.5) is 0 Å². The van der Waals surface area contributed by atoms with Gasteiger partial charge in [0, 0.05) is 19.0 Å². The van der Waals surface area contributed by atoms with Gasteiger partial charge in [-0.2, -0.15) is 5.10 Å². The van der Waals surface area contributed by atoms with Crippen LogP contribution in [0.2, 0.25) is 0 Å². The molecular formula is C15H22N4. The Balaban J connectivity index is 2.30. The van der Waals surface area contributed by atoms with Crippen LogP contribution >= 0.6 is 0 Å². The fourth-order valence-corrected chi connectivity index (χ4v) is 2.17. The molecule has 0 saturated heterocycles. The lowest BCUT2D eigenvalue weighted by Gasteiger charge is -2.03. The lowest BCUT2D eigenvalue weighted by Crippen LogP contribution is -2.03. The number of benzene rings is 1. The van der Waals surface area contributed by atoms with E-state index < -0.39 is 0 Å². The van der Waals surface area contributed by atoms with Crippen LogP contribution in [-0.4, -0.2) is 21.3 Å². The first-order valence-corrected chi connectivity index (χ1v) is 6.79. The van der Waals surface area contributed by atoms with E-state index in [2.05, 4.69) is 48.2 Å². The molecule has 1 aromatic heterocycles. The summed E-state index contributed by atoms with van der Waals surface area (Å²) in [4.78, 5) is 4.64. The van der Waals surface area contributed by atoms with E-state index in [-0.39, 0.29) is 0 Å². The zero-order valence-electron chi connectivity index (χ0n) is 11.9. The van der Waals surface area contributed by atoms with Crippen molar-refractivity contribution in [2.45, 2.75) is 26.7 Å². The number of rotatable bonds is 5. The minimum atomic E-state index is 0.568. The summed E-state index contributed by atoms with van der Waals surface area (Å²) in [5.41, 5.74) is 7.96. The maximum absolute atomic E-state index is 5.60. The van der Waals surface area contributed by atoms with Crippen LogP contribution in [0, 0.1) is 5.92 Å². The minimum Gasteiger partial charge on any atom is -0.330 e. The summed E-state index contributed by atoms with van der Waals surface area (Å²) in [5.74, 6) is 2.41. The Kier molecular flexibility index (Phi) is 4.32. The van der Waals surface area contributed by atoms with Gasteiger partial charge in [-0.3, -0.25) is 0 Å². The highest BCUT2D eigenvalue weighted by Crippen LogP contribution is 2.19. The van der Waals surface area contributed by atoms with Crippen LogP contribution < -0.4 is 5.73 Å². The Morgan fingerprint density at radius 2 is 2.11 bits per heavy atom. The summed E-state index contributed by atoms with van der Waals surface area (Å²) in [5, 5.41) is 4.48. The first-order valence-electron chi connectivity index (χ1n) is 6.79. The fourth-order valence-electron chi connectivity index (χ4n) is 2.17. The van der Waals surface area contributed by atoms with Gasteiger partial charge in [-0.05, 0) is 30.5 Å². The van der Waals surface area contributed by atoms with E-state index in [4.69, 9.17) is 5.73 Å². The van der Waals surface area contributed by atoms with Gasteiger partial charge in [0.05, 0.1) is 0 Å². The zero-order chi connectivity index (χ0) is 13.8. The van der Waals surface area contributed by atoms with E-state index in [1.807, 2.05) is 11.7 Å². The van der Waals surface area contributed by atoms with Crippen molar-refractivity contribution in [1.29, 1.82) is 0 Å². The fraction of sp³-hybridized carbons (Fsp3) is 0.467. The molecule has 0 spiro atoms. The minimum absolute atomic E-state index is 0.568. The summed E-state index contributed by atoms with van der Waals surface area (Å²) in [6.07, 6.45) is 1.81. The van der Waals surface area contributed by atoms with Crippen molar-refractivity contribution in [3.63, 3.8) is 0 Å². The van der Waals surface area contributed by atoms with E-state index in [0.29, 0.717) is 12.5 Å². The van der Waals surface area contributed by atoms with Crippen molar-refractivity contribution >= 4 is 0 Å². The normalized spacial score (nSPS) is 11.2. The molecule has 0 atom stereocenters. The summed E-state index contributed by atoms with van der Waals surface area (Å²) in [7, 11) is 1.95. The third-order valence-electron chi connectivity index (χ3n) is 3.02. The first kappa shape index (κ1) is 13.7. The van der Waals surface area contributed by atoms with Gasteiger partial charge in [-0.1, -0.05) is 32.0 Å². The van der Waals surface area contributed by atoms with Gasteiger partial charge in [0.2, 0.25) is 0 Å². The van der Waals surface area contributed by atoms with Crippen LogP contribution in [0.3, 0.4) is 0 Å². The van der Waals surface area contributed by atoms with Crippen LogP contribution in [0.1, 0.15) is 25.2 Å². The second-order valence-corrected chi connectivity index (χ2v) is 5.31. The number of aromatic nitrogens is 3. The monoisotopic (exact) mass is 258 g/mol. The van der Waals surface area contributed by atoms with Crippen molar-refractivity contribution in [1.82, 2.24) is 14.8 Å². The van der Waals surface area contributed by atoms with Crippen molar-refractivity contribution in [3.05, 3.63) is 35.7 Å². The number of hydrogen-bond acceptors (Lipinski definition) is 3. The molecule has 0 unspecified atom stereocenters. The van der Waals surface area contributed by atoms with Gasteiger partial charge in [-0.25, -0.2) is 9.67 Å². The topological polar surface area (TPSA) is 56.7 Å². The number of aryl methyl sites for hydroxylation is 1. The third-order valence-corrected chi connectivity index (χ3v) is 3.02. The van der Waals surface area contributed by atoms with Crippen LogP contribution in [0.5, 0.6) is 0 Å². The molecule has 0 aliphatic carbocycles. The Hall–Kier alpha value is -1.68. The third kappa shape index (κ3) is 3.41. The average molecular weight is 258 g/mol. The zero-order valence-corrected chi connectivity index (χ0v) is 11.9. The van der Waals surface area contributed by atoms with E-state index in [1.165, 1.54) is 5.56 Å². The molecule has 2 rings (SSSR count). The summed E-state index contributed by atoms with van der Waals surface area (Å²) < 4.78 is 1.86. The quantitative estimate of drug-likeness (QED) is 0.894. The molecule has 1 heterocycles. The Labute approximate surface area is 114 Å². The summed E-state index contributed by atoms with van der Waals surface area (Å²) in [6, 6.07) is 8.37. The lowest BCUT2D eigenvalue weighted by atomic mass is 10.1. The molecule has 19 heavy (non-hydrogen) atoms. The maximum atomic E-state index is 5.60. The first-order chi connectivity index (χ1) is 9.10. The molecule has 0 aliphatic rings. The van der Waals surface area contributed by atoms with E-state index in [1.54, 1.807) is 0 Å². The van der Waals surface area contributed by atoms with Gasteiger partial charge in [0.15, 0.2) is 11.6 Å². The van der Waals surface area contributed by atoms with E-state index in [9.17, 15) is 0 Å². The smallest absolute Gasteiger partial charge is 0.158 e. The summed E-state index contributed by atoms with van der Waals surface area (Å²) >= 11 is 0. The molecule has 4 nitrogen and oxygen atoms in total. The molecule has 102 valence electrons. The van der Waals surface area contributed by atoms with Gasteiger partial charge < -0.3 is 5.73 Å². The second-order valence-electron chi connectivity index (χ2n) is 5.31. The Morgan fingerprint density at radius 3 is 2.79 bits per heavy atom. The molecule has 0 radical (unpaired) electrons. The highest BCUT2D eigenvalue weighted by molar-refractivity contribution is 5.56.